The molecule has 118 valence electrons. The van der Waals surface area contributed by atoms with Crippen molar-refractivity contribution in [3.8, 4) is 11.3 Å². The average molecular weight is 309 g/mol. The third-order valence-electron chi connectivity index (χ3n) is 4.18. The Balaban J connectivity index is 1.89. The minimum atomic E-state index is 0.735. The van der Waals surface area contributed by atoms with Crippen LogP contribution in [0.25, 0.3) is 16.9 Å². The molecule has 6 nitrogen and oxygen atoms in total. The molecule has 0 radical (unpaired) electrons. The summed E-state index contributed by atoms with van der Waals surface area (Å²) < 4.78 is 7.57. The Bertz CT molecular complexity index is 851. The summed E-state index contributed by atoms with van der Waals surface area (Å²) in [6.07, 6.45) is 5.66. The van der Waals surface area contributed by atoms with Crippen LogP contribution >= 0.6 is 0 Å². The van der Waals surface area contributed by atoms with Crippen molar-refractivity contribution < 1.29 is 4.74 Å². The van der Waals surface area contributed by atoms with Crippen LogP contribution in [0.15, 0.2) is 30.7 Å². The van der Waals surface area contributed by atoms with E-state index in [1.165, 1.54) is 0 Å². The predicted octanol–water partition coefficient (Wildman–Crippen LogP) is 2.24. The van der Waals surface area contributed by atoms with E-state index in [0.29, 0.717) is 0 Å². The number of aromatic nitrogens is 4. The molecule has 3 aromatic rings. The van der Waals surface area contributed by atoms with Gasteiger partial charge in [0.1, 0.15) is 0 Å². The van der Waals surface area contributed by atoms with Gasteiger partial charge in [-0.05, 0) is 26.0 Å². The lowest BCUT2D eigenvalue weighted by molar-refractivity contribution is 0.122. The molecule has 0 saturated carbocycles. The van der Waals surface area contributed by atoms with Crippen LogP contribution in [0.1, 0.15) is 11.4 Å². The van der Waals surface area contributed by atoms with Crippen molar-refractivity contribution in [2.24, 2.45) is 0 Å². The second-order valence-electron chi connectivity index (χ2n) is 5.78. The van der Waals surface area contributed by atoms with Crippen LogP contribution in [0.2, 0.25) is 0 Å². The second-order valence-corrected chi connectivity index (χ2v) is 5.78. The molecule has 0 N–H and O–H groups in total. The summed E-state index contributed by atoms with van der Waals surface area (Å²) in [5.41, 5.74) is 5.12. The maximum atomic E-state index is 5.44. The molecule has 4 rings (SSSR count). The highest BCUT2D eigenvalue weighted by Crippen LogP contribution is 2.28. The fourth-order valence-corrected chi connectivity index (χ4v) is 3.12. The molecule has 0 aliphatic carbocycles. The Labute approximate surface area is 134 Å². The quantitative estimate of drug-likeness (QED) is 0.727. The number of nitrogens with zero attached hydrogens (tertiary/aromatic N) is 5. The van der Waals surface area contributed by atoms with Crippen molar-refractivity contribution in [2.75, 3.05) is 31.2 Å². The Kier molecular flexibility index (Phi) is 3.46. The summed E-state index contributed by atoms with van der Waals surface area (Å²) in [4.78, 5) is 15.9. The first kappa shape index (κ1) is 14.1. The average Bonchev–Trinajstić information content (AvgIpc) is 2.91. The summed E-state index contributed by atoms with van der Waals surface area (Å²) >= 11 is 0. The molecule has 1 saturated heterocycles. The summed E-state index contributed by atoms with van der Waals surface area (Å²) in [5.74, 6) is 0.927. The summed E-state index contributed by atoms with van der Waals surface area (Å²) in [5, 5.41) is 0. The summed E-state index contributed by atoms with van der Waals surface area (Å²) in [6, 6.07) is 4.11. The fraction of sp³-hybridized carbons (Fsp3) is 0.353. The second kappa shape index (κ2) is 5.62. The van der Waals surface area contributed by atoms with E-state index >= 15 is 0 Å². The Morgan fingerprint density at radius 3 is 2.70 bits per heavy atom. The maximum absolute atomic E-state index is 5.44. The third-order valence-corrected chi connectivity index (χ3v) is 4.18. The van der Waals surface area contributed by atoms with Gasteiger partial charge < -0.3 is 9.64 Å². The van der Waals surface area contributed by atoms with Gasteiger partial charge in [-0.15, -0.1) is 0 Å². The van der Waals surface area contributed by atoms with Crippen molar-refractivity contribution in [2.45, 2.75) is 13.8 Å². The number of morpholine rings is 1. The van der Waals surface area contributed by atoms with Gasteiger partial charge in [-0.1, -0.05) is 0 Å². The van der Waals surface area contributed by atoms with Gasteiger partial charge in [-0.3, -0.25) is 9.38 Å². The van der Waals surface area contributed by atoms with E-state index in [1.54, 1.807) is 0 Å². The van der Waals surface area contributed by atoms with Crippen molar-refractivity contribution in [1.82, 2.24) is 19.4 Å². The number of hydrogen-bond donors (Lipinski definition) is 0. The zero-order valence-corrected chi connectivity index (χ0v) is 13.4. The lowest BCUT2D eigenvalue weighted by Crippen LogP contribution is -2.37. The Hall–Kier alpha value is -2.47. The van der Waals surface area contributed by atoms with Crippen molar-refractivity contribution in [1.29, 1.82) is 0 Å². The molecule has 1 fully saturated rings. The van der Waals surface area contributed by atoms with Crippen LogP contribution in [0.3, 0.4) is 0 Å². The van der Waals surface area contributed by atoms with Gasteiger partial charge in [0.05, 0.1) is 24.6 Å². The van der Waals surface area contributed by atoms with E-state index < -0.39 is 0 Å². The van der Waals surface area contributed by atoms with E-state index in [0.717, 1.165) is 60.4 Å². The molecule has 6 heteroatoms. The van der Waals surface area contributed by atoms with Gasteiger partial charge in [0, 0.05) is 42.9 Å². The smallest absolute Gasteiger partial charge is 0.181 e. The number of ether oxygens (including phenoxy) is 1. The largest absolute Gasteiger partial charge is 0.378 e. The molecule has 0 spiro atoms. The minimum Gasteiger partial charge on any atom is -0.378 e. The lowest BCUT2D eigenvalue weighted by Gasteiger charge is -2.27. The Morgan fingerprint density at radius 2 is 1.91 bits per heavy atom. The molecule has 3 aromatic heterocycles. The van der Waals surface area contributed by atoms with E-state index in [1.807, 2.05) is 38.5 Å². The zero-order valence-electron chi connectivity index (χ0n) is 13.4. The SMILES string of the molecule is Cc1cc(-c2c(C)nc3c(N4CCOCC4)nccn23)ccn1. The standard InChI is InChI=1S/C17H19N5O/c1-12-11-14(3-4-18-12)15-13(2)20-17-16(19-5-6-22(15)17)21-7-9-23-10-8-21/h3-6,11H,7-10H2,1-2H3. The molecule has 1 aliphatic heterocycles. The third kappa shape index (κ3) is 2.45. The van der Waals surface area contributed by atoms with E-state index in [4.69, 9.17) is 9.72 Å². The highest BCUT2D eigenvalue weighted by atomic mass is 16.5. The van der Waals surface area contributed by atoms with Crippen molar-refractivity contribution in [3.63, 3.8) is 0 Å². The van der Waals surface area contributed by atoms with Gasteiger partial charge in [-0.25, -0.2) is 9.97 Å². The fourth-order valence-electron chi connectivity index (χ4n) is 3.12. The van der Waals surface area contributed by atoms with Crippen molar-refractivity contribution in [3.05, 3.63) is 42.1 Å². The molecule has 23 heavy (non-hydrogen) atoms. The predicted molar refractivity (Wildman–Crippen MR) is 88.7 cm³/mol. The van der Waals surface area contributed by atoms with Crippen LogP contribution in [-0.4, -0.2) is 45.7 Å². The van der Waals surface area contributed by atoms with E-state index in [-0.39, 0.29) is 0 Å². The van der Waals surface area contributed by atoms with Gasteiger partial charge in [0.15, 0.2) is 11.5 Å². The molecule has 0 aromatic carbocycles. The van der Waals surface area contributed by atoms with Crippen molar-refractivity contribution >= 4 is 11.5 Å². The number of anilines is 1. The molecular formula is C17H19N5O. The van der Waals surface area contributed by atoms with Crippen LogP contribution < -0.4 is 4.90 Å². The molecule has 0 unspecified atom stereocenters. The van der Waals surface area contributed by atoms with Gasteiger partial charge in [0.2, 0.25) is 0 Å². The topological polar surface area (TPSA) is 55.5 Å². The molecular weight excluding hydrogens is 290 g/mol. The van der Waals surface area contributed by atoms with Crippen LogP contribution in [0, 0.1) is 13.8 Å². The number of pyridine rings is 1. The number of hydrogen-bond acceptors (Lipinski definition) is 5. The number of rotatable bonds is 2. The van der Waals surface area contributed by atoms with Crippen LogP contribution in [0.5, 0.6) is 0 Å². The van der Waals surface area contributed by atoms with E-state index in [9.17, 15) is 0 Å². The van der Waals surface area contributed by atoms with E-state index in [2.05, 4.69) is 25.3 Å². The lowest BCUT2D eigenvalue weighted by atomic mass is 10.1. The minimum absolute atomic E-state index is 0.735. The number of fused-ring (bicyclic) bond motifs is 1. The highest BCUT2D eigenvalue weighted by molar-refractivity contribution is 5.73. The molecule has 0 bridgehead atoms. The molecule has 1 aliphatic rings. The normalized spacial score (nSPS) is 15.3. The first-order chi connectivity index (χ1) is 11.2. The summed E-state index contributed by atoms with van der Waals surface area (Å²) in [6.45, 7) is 7.21. The maximum Gasteiger partial charge on any atom is 0.181 e. The highest BCUT2D eigenvalue weighted by Gasteiger charge is 2.19. The number of imidazole rings is 1. The summed E-state index contributed by atoms with van der Waals surface area (Å²) in [7, 11) is 0. The van der Waals surface area contributed by atoms with Gasteiger partial charge in [-0.2, -0.15) is 0 Å². The molecule has 0 amide bonds. The van der Waals surface area contributed by atoms with Gasteiger partial charge >= 0.3 is 0 Å². The van der Waals surface area contributed by atoms with Crippen LogP contribution in [0.4, 0.5) is 5.82 Å². The van der Waals surface area contributed by atoms with Crippen LogP contribution in [-0.2, 0) is 4.74 Å². The Morgan fingerprint density at radius 1 is 1.09 bits per heavy atom. The number of aryl methyl sites for hydroxylation is 2. The van der Waals surface area contributed by atoms with Gasteiger partial charge in [0.25, 0.3) is 0 Å². The molecule has 4 heterocycles. The first-order valence-electron chi connectivity index (χ1n) is 7.83. The molecule has 0 atom stereocenters. The zero-order chi connectivity index (χ0) is 15.8. The monoisotopic (exact) mass is 309 g/mol. The first-order valence-corrected chi connectivity index (χ1v) is 7.83.